The minimum Gasteiger partial charge on any atom is -0.493 e. The SMILES string of the molecule is CS(=O)(=O)CCCOc1cccc2c1ccn2-c1ccnc(N[C@H]2CC[C@H](C(=O)N3CCC(OC(=O)CCN)CC3)CC2)n1. The number of nitrogens with zero attached hydrogens (tertiary/aromatic N) is 4. The fraction of sp³-hybridized carbons (Fsp3) is 0.548. The Kier molecular flexibility index (Phi) is 10.4. The standard InChI is InChI=1S/C31H42N6O6S/c1-44(40,41)21-3-20-42-27-5-2-4-26-25(27)14-19-37(26)28-11-16-33-31(35-28)34-23-8-6-22(7-9-23)30(39)36-17-12-24(13-18-36)43-29(38)10-15-32/h2,4-5,11,14,16,19,22-24H,3,6-10,12-13,15,17-18,20-21,32H2,1H3,(H,33,34,35)/t22-,23-. The maximum absolute atomic E-state index is 13.2. The molecule has 12 nitrogen and oxygen atoms in total. The molecule has 0 radical (unpaired) electrons. The van der Waals surface area contributed by atoms with Gasteiger partial charge in [0.15, 0.2) is 0 Å². The molecule has 0 atom stereocenters. The van der Waals surface area contributed by atoms with Crippen molar-refractivity contribution in [2.75, 3.05) is 43.6 Å². The molecule has 3 N–H and O–H groups in total. The lowest BCUT2D eigenvalue weighted by Gasteiger charge is -2.36. The third-order valence-electron chi connectivity index (χ3n) is 8.31. The number of fused-ring (bicyclic) bond motifs is 1. The summed E-state index contributed by atoms with van der Waals surface area (Å²) in [5.41, 5.74) is 6.35. The van der Waals surface area contributed by atoms with Gasteiger partial charge in [0.2, 0.25) is 11.9 Å². The van der Waals surface area contributed by atoms with E-state index >= 15 is 0 Å². The van der Waals surface area contributed by atoms with Crippen molar-refractivity contribution in [2.45, 2.75) is 63.5 Å². The molecule has 1 aromatic carbocycles. The van der Waals surface area contributed by atoms with Gasteiger partial charge in [0.25, 0.3) is 0 Å². The number of hydrogen-bond donors (Lipinski definition) is 2. The van der Waals surface area contributed by atoms with E-state index < -0.39 is 9.84 Å². The van der Waals surface area contributed by atoms with E-state index in [9.17, 15) is 18.0 Å². The number of benzene rings is 1. The van der Waals surface area contributed by atoms with Gasteiger partial charge in [-0.3, -0.25) is 9.59 Å². The molecule has 1 saturated heterocycles. The van der Waals surface area contributed by atoms with Gasteiger partial charge in [0, 0.05) is 68.5 Å². The van der Waals surface area contributed by atoms with Crippen molar-refractivity contribution in [1.29, 1.82) is 0 Å². The highest BCUT2D eigenvalue weighted by molar-refractivity contribution is 7.90. The average molecular weight is 627 g/mol. The maximum atomic E-state index is 13.2. The van der Waals surface area contributed by atoms with E-state index in [0.717, 1.165) is 36.6 Å². The zero-order valence-electron chi connectivity index (χ0n) is 25.2. The number of amides is 1. The van der Waals surface area contributed by atoms with Crippen molar-refractivity contribution in [3.05, 3.63) is 42.7 Å². The predicted molar refractivity (Wildman–Crippen MR) is 167 cm³/mol. The molecule has 44 heavy (non-hydrogen) atoms. The Morgan fingerprint density at radius 2 is 1.84 bits per heavy atom. The number of ether oxygens (including phenoxy) is 2. The number of esters is 1. The van der Waals surface area contributed by atoms with Crippen LogP contribution in [0.1, 0.15) is 51.4 Å². The number of piperidine rings is 1. The average Bonchev–Trinajstić information content (AvgIpc) is 3.45. The summed E-state index contributed by atoms with van der Waals surface area (Å²) in [6.07, 6.45) is 10.1. The Morgan fingerprint density at radius 1 is 1.07 bits per heavy atom. The van der Waals surface area contributed by atoms with Crippen molar-refractivity contribution in [3.63, 3.8) is 0 Å². The van der Waals surface area contributed by atoms with E-state index in [2.05, 4.69) is 10.3 Å². The van der Waals surface area contributed by atoms with Gasteiger partial charge in [-0.15, -0.1) is 0 Å². The van der Waals surface area contributed by atoms with Crippen LogP contribution in [0.3, 0.4) is 0 Å². The van der Waals surface area contributed by atoms with Crippen LogP contribution in [0.15, 0.2) is 42.7 Å². The molecule has 3 heterocycles. The lowest BCUT2D eigenvalue weighted by atomic mass is 9.85. The molecule has 0 unspecified atom stereocenters. The largest absolute Gasteiger partial charge is 0.493 e. The number of anilines is 1. The van der Waals surface area contributed by atoms with E-state index in [1.54, 1.807) is 6.20 Å². The van der Waals surface area contributed by atoms with E-state index in [-0.39, 0.29) is 48.7 Å². The van der Waals surface area contributed by atoms with Gasteiger partial charge in [0.1, 0.15) is 27.5 Å². The summed E-state index contributed by atoms with van der Waals surface area (Å²) in [6, 6.07) is 9.77. The van der Waals surface area contributed by atoms with E-state index in [1.165, 1.54) is 6.26 Å². The first-order valence-electron chi connectivity index (χ1n) is 15.4. The smallest absolute Gasteiger partial charge is 0.307 e. The second-order valence-corrected chi connectivity index (χ2v) is 14.0. The fourth-order valence-electron chi connectivity index (χ4n) is 6.00. The minimum atomic E-state index is -3.02. The van der Waals surface area contributed by atoms with Crippen LogP contribution in [0.2, 0.25) is 0 Å². The van der Waals surface area contributed by atoms with Crippen LogP contribution < -0.4 is 15.8 Å². The van der Waals surface area contributed by atoms with Crippen LogP contribution in [-0.4, -0.2) is 90.1 Å². The fourth-order valence-corrected chi connectivity index (χ4v) is 6.65. The Hall–Kier alpha value is -3.71. The molecule has 238 valence electrons. The third kappa shape index (κ3) is 8.26. The number of carbonyl (C=O) groups is 2. The van der Waals surface area contributed by atoms with Crippen LogP contribution in [0, 0.1) is 5.92 Å². The Labute approximate surface area is 258 Å². The number of rotatable bonds is 12. The summed E-state index contributed by atoms with van der Waals surface area (Å²) >= 11 is 0. The predicted octanol–water partition coefficient (Wildman–Crippen LogP) is 3.09. The third-order valence-corrected chi connectivity index (χ3v) is 9.34. The van der Waals surface area contributed by atoms with Gasteiger partial charge >= 0.3 is 5.97 Å². The summed E-state index contributed by atoms with van der Waals surface area (Å²) in [5, 5.41) is 4.39. The first-order valence-corrected chi connectivity index (χ1v) is 17.4. The number of nitrogens with one attached hydrogen (secondary N) is 1. The molecule has 2 aromatic heterocycles. The Morgan fingerprint density at radius 3 is 2.57 bits per heavy atom. The van der Waals surface area contributed by atoms with E-state index in [1.807, 2.05) is 46.0 Å². The highest BCUT2D eigenvalue weighted by Gasteiger charge is 2.32. The van der Waals surface area contributed by atoms with E-state index in [0.29, 0.717) is 56.5 Å². The zero-order chi connectivity index (χ0) is 31.1. The molecule has 2 fully saturated rings. The molecule has 0 bridgehead atoms. The first-order chi connectivity index (χ1) is 21.2. The summed E-state index contributed by atoms with van der Waals surface area (Å²) in [7, 11) is -3.02. The van der Waals surface area contributed by atoms with Crippen LogP contribution >= 0.6 is 0 Å². The van der Waals surface area contributed by atoms with E-state index in [4.69, 9.17) is 20.2 Å². The summed E-state index contributed by atoms with van der Waals surface area (Å²) in [5.74, 6) is 1.99. The Bertz CT molecular complexity index is 1540. The molecule has 0 spiro atoms. The molecular formula is C31H42N6O6S. The number of aromatic nitrogens is 3. The van der Waals surface area contributed by atoms with Gasteiger partial charge in [0.05, 0.1) is 24.3 Å². The number of carbonyl (C=O) groups excluding carboxylic acids is 2. The highest BCUT2D eigenvalue weighted by atomic mass is 32.2. The van der Waals surface area contributed by atoms with Crippen molar-refractivity contribution in [1.82, 2.24) is 19.4 Å². The minimum absolute atomic E-state index is 0.00525. The maximum Gasteiger partial charge on any atom is 0.307 e. The quantitative estimate of drug-likeness (QED) is 0.226. The summed E-state index contributed by atoms with van der Waals surface area (Å²) in [6.45, 7) is 1.83. The molecule has 1 aliphatic carbocycles. The van der Waals surface area contributed by atoms with Gasteiger partial charge in [-0.05, 0) is 56.4 Å². The van der Waals surface area contributed by atoms with Crippen molar-refractivity contribution in [3.8, 4) is 11.6 Å². The van der Waals surface area contributed by atoms with Crippen LogP contribution in [0.25, 0.3) is 16.7 Å². The van der Waals surface area contributed by atoms with Crippen LogP contribution in [0.5, 0.6) is 5.75 Å². The Balaban J connectivity index is 1.13. The lowest BCUT2D eigenvalue weighted by Crippen LogP contribution is -2.45. The molecule has 1 saturated carbocycles. The van der Waals surface area contributed by atoms with Gasteiger partial charge in [-0.25, -0.2) is 13.4 Å². The first kappa shape index (κ1) is 31.7. The molecule has 1 amide bonds. The second kappa shape index (κ2) is 14.4. The zero-order valence-corrected chi connectivity index (χ0v) is 26.0. The number of sulfone groups is 1. The highest BCUT2D eigenvalue weighted by Crippen LogP contribution is 2.30. The lowest BCUT2D eigenvalue weighted by molar-refractivity contribution is -0.152. The molecule has 3 aromatic rings. The monoisotopic (exact) mass is 626 g/mol. The van der Waals surface area contributed by atoms with Gasteiger partial charge in [-0.2, -0.15) is 4.98 Å². The van der Waals surface area contributed by atoms with Crippen molar-refractivity contribution < 1.29 is 27.5 Å². The van der Waals surface area contributed by atoms with Crippen LogP contribution in [-0.2, 0) is 24.2 Å². The number of likely N-dealkylation sites (tertiary alicyclic amines) is 1. The molecule has 1 aliphatic heterocycles. The molecule has 2 aliphatic rings. The van der Waals surface area contributed by atoms with Crippen molar-refractivity contribution in [2.24, 2.45) is 11.7 Å². The van der Waals surface area contributed by atoms with Gasteiger partial charge < -0.3 is 30.0 Å². The molecular weight excluding hydrogens is 584 g/mol. The molecule has 5 rings (SSSR count). The topological polar surface area (TPSA) is 159 Å². The van der Waals surface area contributed by atoms with Crippen molar-refractivity contribution >= 4 is 38.6 Å². The normalized spacial score (nSPS) is 19.5. The summed E-state index contributed by atoms with van der Waals surface area (Å²) in [4.78, 5) is 36.1. The summed E-state index contributed by atoms with van der Waals surface area (Å²) < 4.78 is 36.2. The van der Waals surface area contributed by atoms with Crippen LogP contribution in [0.4, 0.5) is 5.95 Å². The second-order valence-electron chi connectivity index (χ2n) is 11.7. The number of nitrogens with two attached hydrogens (primary N) is 1. The number of hydrogen-bond acceptors (Lipinski definition) is 10. The van der Waals surface area contributed by atoms with Gasteiger partial charge in [-0.1, -0.05) is 6.07 Å². The molecule has 13 heteroatoms.